The van der Waals surface area contributed by atoms with Crippen LogP contribution in [-0.2, 0) is 16.0 Å². The van der Waals surface area contributed by atoms with Crippen LogP contribution in [0, 0.1) is 0 Å². The van der Waals surface area contributed by atoms with Gasteiger partial charge in [-0.15, -0.1) is 11.3 Å². The van der Waals surface area contributed by atoms with E-state index < -0.39 is 0 Å². The van der Waals surface area contributed by atoms with Crippen LogP contribution in [0.1, 0.15) is 36.3 Å². The molecule has 2 N–H and O–H groups in total. The highest BCUT2D eigenvalue weighted by atomic mass is 32.1. The van der Waals surface area contributed by atoms with Crippen molar-refractivity contribution in [2.24, 2.45) is 0 Å². The molecule has 2 aromatic rings. The average Bonchev–Trinajstić information content (AvgIpc) is 3.18. The van der Waals surface area contributed by atoms with Crippen LogP contribution in [0.4, 0.5) is 5.13 Å². The van der Waals surface area contributed by atoms with Gasteiger partial charge in [-0.2, -0.15) is 11.3 Å². The first-order valence-corrected chi connectivity index (χ1v) is 9.53. The minimum Gasteiger partial charge on any atom is -0.379 e. The largest absolute Gasteiger partial charge is 0.379 e. The van der Waals surface area contributed by atoms with E-state index in [0.29, 0.717) is 29.5 Å². The Labute approximate surface area is 149 Å². The van der Waals surface area contributed by atoms with Crippen LogP contribution in [0.5, 0.6) is 0 Å². The topological polar surface area (TPSA) is 80.3 Å². The van der Waals surface area contributed by atoms with E-state index in [9.17, 15) is 9.59 Å². The van der Waals surface area contributed by atoms with Crippen molar-refractivity contribution in [1.29, 1.82) is 0 Å². The van der Waals surface area contributed by atoms with Gasteiger partial charge in [-0.3, -0.25) is 14.9 Å². The molecule has 0 aromatic carbocycles. The number of nitrogens with zero attached hydrogens (tertiary/aromatic N) is 1. The summed E-state index contributed by atoms with van der Waals surface area (Å²) in [4.78, 5) is 28.1. The van der Waals surface area contributed by atoms with Crippen molar-refractivity contribution >= 4 is 39.6 Å². The second-order valence-electron chi connectivity index (χ2n) is 5.41. The van der Waals surface area contributed by atoms with E-state index >= 15 is 0 Å². The van der Waals surface area contributed by atoms with Crippen molar-refractivity contribution in [2.45, 2.75) is 32.8 Å². The van der Waals surface area contributed by atoms with Gasteiger partial charge >= 0.3 is 0 Å². The van der Waals surface area contributed by atoms with Crippen molar-refractivity contribution in [3.63, 3.8) is 0 Å². The fourth-order valence-electron chi connectivity index (χ4n) is 1.85. The second-order valence-corrected chi connectivity index (χ2v) is 7.05. The lowest BCUT2D eigenvalue weighted by atomic mass is 10.3. The molecule has 0 atom stereocenters. The number of nitrogens with one attached hydrogen (secondary N) is 2. The molecule has 2 heterocycles. The van der Waals surface area contributed by atoms with Gasteiger partial charge in [0.05, 0.1) is 23.8 Å². The molecular weight excluding hydrogens is 346 g/mol. The molecule has 8 heteroatoms. The smallest absolute Gasteiger partial charge is 0.258 e. The predicted molar refractivity (Wildman–Crippen MR) is 96.8 cm³/mol. The maximum atomic E-state index is 11.9. The SMILES string of the molecule is CC(C)OCCCNC(=O)Cc1csc(NC(=O)c2ccsc2)n1. The zero-order valence-corrected chi connectivity index (χ0v) is 15.3. The highest BCUT2D eigenvalue weighted by Crippen LogP contribution is 2.17. The summed E-state index contributed by atoms with van der Waals surface area (Å²) in [7, 11) is 0. The fourth-order valence-corrected chi connectivity index (χ4v) is 3.20. The summed E-state index contributed by atoms with van der Waals surface area (Å²) in [5.74, 6) is -0.271. The van der Waals surface area contributed by atoms with Gasteiger partial charge in [0.2, 0.25) is 5.91 Å². The number of amides is 2. The van der Waals surface area contributed by atoms with E-state index in [2.05, 4.69) is 15.6 Å². The average molecular weight is 367 g/mol. The van der Waals surface area contributed by atoms with Gasteiger partial charge in [-0.1, -0.05) is 0 Å². The van der Waals surface area contributed by atoms with E-state index in [1.165, 1.54) is 22.7 Å². The molecule has 130 valence electrons. The number of carbonyl (C=O) groups excluding carboxylic acids is 2. The molecule has 0 aliphatic heterocycles. The van der Waals surface area contributed by atoms with Crippen LogP contribution in [0.25, 0.3) is 0 Å². The summed E-state index contributed by atoms with van der Waals surface area (Å²) in [6, 6.07) is 1.75. The predicted octanol–water partition coefficient (Wildman–Crippen LogP) is 2.93. The maximum Gasteiger partial charge on any atom is 0.258 e. The van der Waals surface area contributed by atoms with Crippen LogP contribution in [0.3, 0.4) is 0 Å². The summed E-state index contributed by atoms with van der Waals surface area (Å²) < 4.78 is 5.41. The molecule has 0 saturated heterocycles. The Balaban J connectivity index is 1.71. The van der Waals surface area contributed by atoms with Crippen molar-refractivity contribution in [3.05, 3.63) is 33.5 Å². The summed E-state index contributed by atoms with van der Waals surface area (Å²) in [5, 5.41) is 11.5. The van der Waals surface area contributed by atoms with E-state index in [4.69, 9.17) is 4.74 Å². The molecule has 2 rings (SSSR count). The number of carbonyl (C=O) groups is 2. The van der Waals surface area contributed by atoms with Gasteiger partial charge in [0.1, 0.15) is 0 Å². The lowest BCUT2D eigenvalue weighted by Gasteiger charge is -2.07. The first-order chi connectivity index (χ1) is 11.5. The molecule has 0 unspecified atom stereocenters. The first-order valence-electron chi connectivity index (χ1n) is 7.71. The van der Waals surface area contributed by atoms with E-state index in [1.54, 1.807) is 16.8 Å². The monoisotopic (exact) mass is 367 g/mol. The molecule has 24 heavy (non-hydrogen) atoms. The van der Waals surface area contributed by atoms with Crippen LogP contribution in [0.15, 0.2) is 22.2 Å². The molecule has 0 bridgehead atoms. The summed E-state index contributed by atoms with van der Waals surface area (Å²) in [6.45, 7) is 5.18. The zero-order valence-electron chi connectivity index (χ0n) is 13.7. The Morgan fingerprint density at radius 2 is 2.17 bits per heavy atom. The summed E-state index contributed by atoms with van der Waals surface area (Å²) in [6.07, 6.45) is 1.19. The lowest BCUT2D eigenvalue weighted by Crippen LogP contribution is -2.27. The molecular formula is C16H21N3O3S2. The Kier molecular flexibility index (Phi) is 7.36. The minimum absolute atomic E-state index is 0.0828. The van der Waals surface area contributed by atoms with E-state index in [-0.39, 0.29) is 24.3 Å². The lowest BCUT2D eigenvalue weighted by molar-refractivity contribution is -0.120. The number of thiazole rings is 1. The number of anilines is 1. The molecule has 0 aliphatic rings. The molecule has 2 aromatic heterocycles. The van der Waals surface area contributed by atoms with Crippen molar-refractivity contribution in [3.8, 4) is 0 Å². The molecule has 0 spiro atoms. The van der Waals surface area contributed by atoms with Crippen molar-refractivity contribution < 1.29 is 14.3 Å². The zero-order chi connectivity index (χ0) is 17.4. The highest BCUT2D eigenvalue weighted by Gasteiger charge is 2.11. The molecule has 0 saturated carbocycles. The number of hydrogen-bond donors (Lipinski definition) is 2. The number of thiophene rings is 1. The van der Waals surface area contributed by atoms with Crippen molar-refractivity contribution in [2.75, 3.05) is 18.5 Å². The quantitative estimate of drug-likeness (QED) is 0.668. The van der Waals surface area contributed by atoms with Crippen LogP contribution < -0.4 is 10.6 Å². The van der Waals surface area contributed by atoms with Crippen LogP contribution in [0.2, 0.25) is 0 Å². The van der Waals surface area contributed by atoms with E-state index in [0.717, 1.165) is 6.42 Å². The van der Waals surface area contributed by atoms with Gasteiger partial charge in [0.15, 0.2) is 5.13 Å². The maximum absolute atomic E-state index is 11.9. The molecule has 0 radical (unpaired) electrons. The third-order valence-electron chi connectivity index (χ3n) is 2.99. The Bertz CT molecular complexity index is 653. The van der Waals surface area contributed by atoms with Gasteiger partial charge in [0.25, 0.3) is 5.91 Å². The summed E-state index contributed by atoms with van der Waals surface area (Å²) >= 11 is 2.78. The van der Waals surface area contributed by atoms with Crippen LogP contribution in [-0.4, -0.2) is 36.1 Å². The third kappa shape index (κ3) is 6.38. The number of aromatic nitrogens is 1. The second kappa shape index (κ2) is 9.51. The van der Waals surface area contributed by atoms with Gasteiger partial charge in [0, 0.05) is 23.9 Å². The third-order valence-corrected chi connectivity index (χ3v) is 4.48. The Morgan fingerprint density at radius 3 is 2.88 bits per heavy atom. The Hall–Kier alpha value is -1.77. The van der Waals surface area contributed by atoms with E-state index in [1.807, 2.05) is 19.2 Å². The first kappa shape index (κ1) is 18.6. The fraction of sp³-hybridized carbons (Fsp3) is 0.438. The number of rotatable bonds is 9. The molecule has 0 aliphatic carbocycles. The molecule has 2 amide bonds. The normalized spacial score (nSPS) is 10.8. The van der Waals surface area contributed by atoms with Gasteiger partial charge < -0.3 is 10.1 Å². The molecule has 6 nitrogen and oxygen atoms in total. The molecule has 0 fully saturated rings. The highest BCUT2D eigenvalue weighted by molar-refractivity contribution is 7.14. The van der Waals surface area contributed by atoms with Gasteiger partial charge in [-0.25, -0.2) is 4.98 Å². The minimum atomic E-state index is -0.188. The Morgan fingerprint density at radius 1 is 1.33 bits per heavy atom. The number of hydrogen-bond acceptors (Lipinski definition) is 6. The standard InChI is InChI=1S/C16H21N3O3S2/c1-11(2)22-6-3-5-17-14(20)8-13-10-24-16(18-13)19-15(21)12-4-7-23-9-12/h4,7,9-11H,3,5-6,8H2,1-2H3,(H,17,20)(H,18,19,21). The van der Waals surface area contributed by atoms with Crippen molar-refractivity contribution in [1.82, 2.24) is 10.3 Å². The summed E-state index contributed by atoms with van der Waals surface area (Å²) in [5.41, 5.74) is 1.26. The number of ether oxygens (including phenoxy) is 1. The van der Waals surface area contributed by atoms with Gasteiger partial charge in [-0.05, 0) is 31.7 Å². The van der Waals surface area contributed by atoms with Crippen LogP contribution >= 0.6 is 22.7 Å².